The second kappa shape index (κ2) is 12.7. The number of rotatable bonds is 7. The summed E-state index contributed by atoms with van der Waals surface area (Å²) in [5.74, 6) is 0.238. The monoisotopic (exact) mass is 598 g/mol. The van der Waals surface area contributed by atoms with Crippen molar-refractivity contribution in [1.82, 2.24) is 5.32 Å². The first-order valence-electron chi connectivity index (χ1n) is 13.5. The van der Waals surface area contributed by atoms with Gasteiger partial charge in [-0.2, -0.15) is 0 Å². The molecule has 3 amide bonds. The number of nitrogens with zero attached hydrogens (tertiary/aromatic N) is 1. The molecule has 0 bridgehead atoms. The molecule has 2 aliphatic rings. The van der Waals surface area contributed by atoms with E-state index < -0.39 is 6.04 Å². The summed E-state index contributed by atoms with van der Waals surface area (Å²) in [4.78, 5) is 42.6. The zero-order valence-electron chi connectivity index (χ0n) is 22.0. The number of benzene rings is 2. The van der Waals surface area contributed by atoms with Crippen molar-refractivity contribution in [2.45, 2.75) is 44.6 Å². The summed E-state index contributed by atoms with van der Waals surface area (Å²) >= 11 is 14.2. The van der Waals surface area contributed by atoms with Crippen molar-refractivity contribution in [2.75, 3.05) is 23.3 Å². The Hall–Kier alpha value is -2.91. The van der Waals surface area contributed by atoms with Crippen LogP contribution in [0.15, 0.2) is 53.9 Å². The zero-order valence-corrected chi connectivity index (χ0v) is 24.3. The van der Waals surface area contributed by atoms with Crippen LogP contribution in [0.4, 0.5) is 11.4 Å². The van der Waals surface area contributed by atoms with Crippen molar-refractivity contribution < 1.29 is 14.4 Å². The summed E-state index contributed by atoms with van der Waals surface area (Å²) in [6.07, 6.45) is 4.54. The Labute approximate surface area is 248 Å². The van der Waals surface area contributed by atoms with E-state index >= 15 is 0 Å². The molecule has 3 aromatic rings. The first-order valence-corrected chi connectivity index (χ1v) is 15.2. The fourth-order valence-corrected chi connectivity index (χ4v) is 6.97. The van der Waals surface area contributed by atoms with Crippen LogP contribution in [0.25, 0.3) is 0 Å². The minimum absolute atomic E-state index is 0.00225. The number of amides is 3. The van der Waals surface area contributed by atoms with Gasteiger partial charge in [-0.05, 0) is 85.0 Å². The van der Waals surface area contributed by atoms with Crippen LogP contribution in [0.2, 0.25) is 10.0 Å². The van der Waals surface area contributed by atoms with E-state index in [0.717, 1.165) is 30.6 Å². The molecular formula is C30H32Cl2N4O3S. The Kier molecular flexibility index (Phi) is 9.10. The molecule has 0 saturated heterocycles. The number of hydrogen-bond donors (Lipinski definition) is 3. The molecule has 1 aromatic heterocycles. The molecule has 4 N–H and O–H groups in total. The standard InChI is InChI=1S/C30H32Cl2N4O3S/c31-21-7-8-23(24(32)13-21)27-15-28(37)35-25-12-20(30(39)34-17-19-4-1-3-18(11-19)16-33)6-9-26(25)36(27)29(38)14-22-5-2-10-40-22/h2,5-10,12-13,18-19,27H,1,3-4,11,14-17,33H2,(H,34,39)(H,35,37). The average molecular weight is 600 g/mol. The highest BCUT2D eigenvalue weighted by Crippen LogP contribution is 2.41. The van der Waals surface area contributed by atoms with Gasteiger partial charge in [-0.25, -0.2) is 0 Å². The molecule has 210 valence electrons. The molecule has 7 nitrogen and oxygen atoms in total. The number of carbonyl (C=O) groups excluding carboxylic acids is 3. The minimum atomic E-state index is -0.653. The van der Waals surface area contributed by atoms with Crippen LogP contribution in [0.5, 0.6) is 0 Å². The number of thiophene rings is 1. The number of anilines is 2. The lowest BCUT2D eigenvalue weighted by Gasteiger charge is -2.31. The van der Waals surface area contributed by atoms with Gasteiger partial charge in [0.05, 0.1) is 30.3 Å². The van der Waals surface area contributed by atoms with Crippen LogP contribution in [0, 0.1) is 11.8 Å². The lowest BCUT2D eigenvalue weighted by Crippen LogP contribution is -2.36. The largest absolute Gasteiger partial charge is 0.352 e. The van der Waals surface area contributed by atoms with E-state index in [4.69, 9.17) is 28.9 Å². The van der Waals surface area contributed by atoms with Gasteiger partial charge in [0.1, 0.15) is 0 Å². The number of nitrogens with one attached hydrogen (secondary N) is 2. The van der Waals surface area contributed by atoms with E-state index in [1.54, 1.807) is 41.3 Å². The van der Waals surface area contributed by atoms with Crippen molar-refractivity contribution in [3.63, 3.8) is 0 Å². The van der Waals surface area contributed by atoms with Crippen LogP contribution in [0.3, 0.4) is 0 Å². The summed E-state index contributed by atoms with van der Waals surface area (Å²) in [5, 5.41) is 8.73. The first-order chi connectivity index (χ1) is 19.3. The summed E-state index contributed by atoms with van der Waals surface area (Å²) in [6, 6.07) is 13.3. The Bertz CT molecular complexity index is 1400. The Morgan fingerprint density at radius 2 is 1.93 bits per heavy atom. The quantitative estimate of drug-likeness (QED) is 0.301. The Morgan fingerprint density at radius 1 is 1.10 bits per heavy atom. The summed E-state index contributed by atoms with van der Waals surface area (Å²) in [6.45, 7) is 1.26. The van der Waals surface area contributed by atoms with E-state index in [1.165, 1.54) is 11.3 Å². The van der Waals surface area contributed by atoms with Crippen molar-refractivity contribution >= 4 is 63.6 Å². The topological polar surface area (TPSA) is 105 Å². The van der Waals surface area contributed by atoms with Gasteiger partial charge in [0.2, 0.25) is 11.8 Å². The predicted octanol–water partition coefficient (Wildman–Crippen LogP) is 6.21. The molecule has 2 heterocycles. The molecule has 0 radical (unpaired) electrons. The molecule has 3 atom stereocenters. The third kappa shape index (κ3) is 6.52. The molecule has 40 heavy (non-hydrogen) atoms. The van der Waals surface area contributed by atoms with Crippen LogP contribution >= 0.6 is 34.5 Å². The van der Waals surface area contributed by atoms with E-state index in [0.29, 0.717) is 57.5 Å². The predicted molar refractivity (Wildman–Crippen MR) is 161 cm³/mol. The van der Waals surface area contributed by atoms with Crippen molar-refractivity contribution in [2.24, 2.45) is 17.6 Å². The maximum absolute atomic E-state index is 13.8. The Morgan fingerprint density at radius 3 is 2.67 bits per heavy atom. The van der Waals surface area contributed by atoms with E-state index in [-0.39, 0.29) is 30.6 Å². The number of halogens is 2. The molecule has 3 unspecified atom stereocenters. The molecule has 1 aliphatic heterocycles. The smallest absolute Gasteiger partial charge is 0.251 e. The lowest BCUT2D eigenvalue weighted by molar-refractivity contribution is -0.119. The molecule has 2 aromatic carbocycles. The first kappa shape index (κ1) is 28.6. The van der Waals surface area contributed by atoms with Gasteiger partial charge in [0.25, 0.3) is 5.91 Å². The SMILES string of the molecule is NCC1CCCC(CNC(=O)c2ccc3c(c2)NC(=O)CC(c2ccc(Cl)cc2Cl)N3C(=O)Cc2cccs2)C1. The summed E-state index contributed by atoms with van der Waals surface area (Å²) in [7, 11) is 0. The molecule has 10 heteroatoms. The van der Waals surface area contributed by atoms with Gasteiger partial charge in [-0.3, -0.25) is 14.4 Å². The number of fused-ring (bicyclic) bond motifs is 1. The number of nitrogens with two attached hydrogens (primary N) is 1. The van der Waals surface area contributed by atoms with Gasteiger partial charge >= 0.3 is 0 Å². The molecule has 0 spiro atoms. The normalized spacial score (nSPS) is 20.8. The van der Waals surface area contributed by atoms with Gasteiger partial charge in [0, 0.05) is 27.0 Å². The second-order valence-corrected chi connectivity index (χ2v) is 12.4. The molecule has 1 fully saturated rings. The number of carbonyl (C=O) groups is 3. The summed E-state index contributed by atoms with van der Waals surface area (Å²) in [5.41, 5.74) is 7.83. The van der Waals surface area contributed by atoms with E-state index in [1.807, 2.05) is 17.5 Å². The molecule has 1 aliphatic carbocycles. The maximum atomic E-state index is 13.8. The highest BCUT2D eigenvalue weighted by atomic mass is 35.5. The van der Waals surface area contributed by atoms with E-state index in [2.05, 4.69) is 10.6 Å². The van der Waals surface area contributed by atoms with Crippen LogP contribution < -0.4 is 21.3 Å². The number of hydrogen-bond acceptors (Lipinski definition) is 5. The Balaban J connectivity index is 1.44. The van der Waals surface area contributed by atoms with Gasteiger partial charge in [-0.15, -0.1) is 11.3 Å². The molecule has 5 rings (SSSR count). The van der Waals surface area contributed by atoms with Crippen molar-refractivity contribution in [3.8, 4) is 0 Å². The highest BCUT2D eigenvalue weighted by molar-refractivity contribution is 7.10. The van der Waals surface area contributed by atoms with Crippen molar-refractivity contribution in [1.29, 1.82) is 0 Å². The highest BCUT2D eigenvalue weighted by Gasteiger charge is 2.35. The van der Waals surface area contributed by atoms with Gasteiger partial charge < -0.3 is 21.3 Å². The van der Waals surface area contributed by atoms with Crippen molar-refractivity contribution in [3.05, 3.63) is 80.0 Å². The fourth-order valence-electron chi connectivity index (χ4n) is 5.74. The third-order valence-electron chi connectivity index (χ3n) is 7.75. The van der Waals surface area contributed by atoms with Gasteiger partial charge in [0.15, 0.2) is 0 Å². The minimum Gasteiger partial charge on any atom is -0.352 e. The third-order valence-corrected chi connectivity index (χ3v) is 9.19. The van der Waals surface area contributed by atoms with Crippen LogP contribution in [-0.4, -0.2) is 30.8 Å². The zero-order chi connectivity index (χ0) is 28.2. The summed E-state index contributed by atoms with van der Waals surface area (Å²) < 4.78 is 0. The maximum Gasteiger partial charge on any atom is 0.251 e. The van der Waals surface area contributed by atoms with Gasteiger partial charge in [-0.1, -0.05) is 41.8 Å². The van der Waals surface area contributed by atoms with Crippen LogP contribution in [-0.2, 0) is 16.0 Å². The van der Waals surface area contributed by atoms with E-state index in [9.17, 15) is 14.4 Å². The fraction of sp³-hybridized carbons (Fsp3) is 0.367. The second-order valence-electron chi connectivity index (χ2n) is 10.5. The lowest BCUT2D eigenvalue weighted by atomic mass is 9.81. The average Bonchev–Trinajstić information content (AvgIpc) is 3.40. The molecule has 1 saturated carbocycles. The molecular weight excluding hydrogens is 567 g/mol. The van der Waals surface area contributed by atoms with Crippen LogP contribution in [0.1, 0.15) is 58.9 Å².